The first-order chi connectivity index (χ1) is 6.74. The van der Waals surface area contributed by atoms with Crippen LogP contribution in [0.2, 0.25) is 0 Å². The highest BCUT2D eigenvalue weighted by Crippen LogP contribution is 2.27. The summed E-state index contributed by atoms with van der Waals surface area (Å²) in [5.41, 5.74) is 0. The van der Waals surface area contributed by atoms with Crippen molar-refractivity contribution >= 4 is 11.9 Å². The summed E-state index contributed by atoms with van der Waals surface area (Å²) in [4.78, 5) is 24.5. The van der Waals surface area contributed by atoms with Gasteiger partial charge in [0.15, 0.2) is 0 Å². The van der Waals surface area contributed by atoms with Crippen LogP contribution in [0.15, 0.2) is 0 Å². The second-order valence-corrected chi connectivity index (χ2v) is 3.70. The van der Waals surface area contributed by atoms with E-state index < -0.39 is 6.04 Å². The number of terminal acetylenes is 1. The number of hydrogen-bond acceptors (Lipinski definition) is 2. The number of hydrogen-bond donors (Lipinski definition) is 1. The number of carbonyl (C=O) groups excluding carboxylic acids is 2. The van der Waals surface area contributed by atoms with Crippen LogP contribution >= 0.6 is 0 Å². The number of imide groups is 1. The SMILES string of the molecule is C#CCC1NC(=O)N(C2CCC2)C1=O. The van der Waals surface area contributed by atoms with Gasteiger partial charge in [-0.2, -0.15) is 0 Å². The third kappa shape index (κ3) is 1.25. The molecule has 1 unspecified atom stereocenters. The maximum atomic E-state index is 11.7. The molecule has 2 rings (SSSR count). The summed E-state index contributed by atoms with van der Waals surface area (Å²) in [6.45, 7) is 0. The maximum Gasteiger partial charge on any atom is 0.325 e. The topological polar surface area (TPSA) is 49.4 Å². The minimum atomic E-state index is -0.493. The summed E-state index contributed by atoms with van der Waals surface area (Å²) >= 11 is 0. The van der Waals surface area contributed by atoms with E-state index in [1.165, 1.54) is 4.90 Å². The molecule has 74 valence electrons. The highest BCUT2D eigenvalue weighted by atomic mass is 16.2. The monoisotopic (exact) mass is 192 g/mol. The Hall–Kier alpha value is -1.50. The van der Waals surface area contributed by atoms with Crippen LogP contribution in [0.4, 0.5) is 4.79 Å². The summed E-state index contributed by atoms with van der Waals surface area (Å²) in [6.07, 6.45) is 8.36. The molecule has 0 aromatic heterocycles. The number of nitrogens with one attached hydrogen (secondary N) is 1. The van der Waals surface area contributed by atoms with Gasteiger partial charge in [-0.25, -0.2) is 4.79 Å². The summed E-state index contributed by atoms with van der Waals surface area (Å²) in [6, 6.07) is -0.654. The van der Waals surface area contributed by atoms with E-state index in [1.54, 1.807) is 0 Å². The number of carbonyl (C=O) groups is 2. The first kappa shape index (κ1) is 9.07. The van der Waals surface area contributed by atoms with Crippen molar-refractivity contribution in [2.24, 2.45) is 0 Å². The van der Waals surface area contributed by atoms with Gasteiger partial charge in [-0.15, -0.1) is 12.3 Å². The molecule has 4 nitrogen and oxygen atoms in total. The maximum absolute atomic E-state index is 11.7. The van der Waals surface area contributed by atoms with E-state index in [0.29, 0.717) is 0 Å². The fourth-order valence-electron chi connectivity index (χ4n) is 1.80. The van der Waals surface area contributed by atoms with Crippen molar-refractivity contribution in [2.45, 2.75) is 37.8 Å². The lowest BCUT2D eigenvalue weighted by atomic mass is 9.91. The zero-order valence-corrected chi connectivity index (χ0v) is 7.82. The number of amides is 3. The molecular formula is C10H12N2O2. The van der Waals surface area contributed by atoms with Crippen molar-refractivity contribution in [3.8, 4) is 12.3 Å². The van der Waals surface area contributed by atoms with Crippen LogP contribution in [0.3, 0.4) is 0 Å². The van der Waals surface area contributed by atoms with E-state index in [2.05, 4.69) is 11.2 Å². The molecule has 1 saturated carbocycles. The predicted molar refractivity (Wildman–Crippen MR) is 50.3 cm³/mol. The first-order valence-corrected chi connectivity index (χ1v) is 4.81. The molecule has 0 aromatic rings. The molecule has 0 spiro atoms. The average Bonchev–Trinajstić information content (AvgIpc) is 2.31. The highest BCUT2D eigenvalue weighted by molar-refractivity contribution is 6.04. The molecule has 1 N–H and O–H groups in total. The summed E-state index contributed by atoms with van der Waals surface area (Å²) in [7, 11) is 0. The van der Waals surface area contributed by atoms with Gasteiger partial charge in [-0.3, -0.25) is 9.69 Å². The van der Waals surface area contributed by atoms with Gasteiger partial charge in [0.25, 0.3) is 5.91 Å². The lowest BCUT2D eigenvalue weighted by Gasteiger charge is -2.32. The quantitative estimate of drug-likeness (QED) is 0.511. The second kappa shape index (κ2) is 3.33. The Labute approximate surface area is 82.6 Å². The Morgan fingerprint density at radius 2 is 2.21 bits per heavy atom. The predicted octanol–water partition coefficient (Wildman–Crippen LogP) is 0.483. The van der Waals surface area contributed by atoms with Gasteiger partial charge in [0, 0.05) is 12.5 Å². The van der Waals surface area contributed by atoms with E-state index in [4.69, 9.17) is 6.42 Å². The van der Waals surface area contributed by atoms with Crippen molar-refractivity contribution < 1.29 is 9.59 Å². The molecule has 0 aromatic carbocycles. The van der Waals surface area contributed by atoms with Crippen LogP contribution in [0.1, 0.15) is 25.7 Å². The molecule has 1 saturated heterocycles. The van der Waals surface area contributed by atoms with E-state index in [0.717, 1.165) is 19.3 Å². The van der Waals surface area contributed by atoms with E-state index in [-0.39, 0.29) is 24.4 Å². The van der Waals surface area contributed by atoms with Gasteiger partial charge in [0.1, 0.15) is 6.04 Å². The first-order valence-electron chi connectivity index (χ1n) is 4.81. The Balaban J connectivity index is 2.08. The van der Waals surface area contributed by atoms with Crippen LogP contribution < -0.4 is 5.32 Å². The fraction of sp³-hybridized carbons (Fsp3) is 0.600. The fourth-order valence-corrected chi connectivity index (χ4v) is 1.80. The zero-order chi connectivity index (χ0) is 10.1. The van der Waals surface area contributed by atoms with E-state index in [9.17, 15) is 9.59 Å². The van der Waals surface area contributed by atoms with Crippen LogP contribution in [0, 0.1) is 12.3 Å². The molecule has 3 amide bonds. The van der Waals surface area contributed by atoms with Gasteiger partial charge in [0.05, 0.1) is 0 Å². The largest absolute Gasteiger partial charge is 0.325 e. The van der Waals surface area contributed by atoms with Crippen LogP contribution in [0.25, 0.3) is 0 Å². The normalized spacial score (nSPS) is 27.1. The van der Waals surface area contributed by atoms with E-state index >= 15 is 0 Å². The smallest absolute Gasteiger partial charge is 0.325 e. The van der Waals surface area contributed by atoms with Crippen LogP contribution in [-0.2, 0) is 4.79 Å². The van der Waals surface area contributed by atoms with Crippen molar-refractivity contribution in [2.75, 3.05) is 0 Å². The molecular weight excluding hydrogens is 180 g/mol. The zero-order valence-electron chi connectivity index (χ0n) is 7.82. The molecule has 14 heavy (non-hydrogen) atoms. The minimum Gasteiger partial charge on any atom is -0.325 e. The lowest BCUT2D eigenvalue weighted by molar-refractivity contribution is -0.130. The van der Waals surface area contributed by atoms with Crippen molar-refractivity contribution in [3.05, 3.63) is 0 Å². The Morgan fingerprint density at radius 1 is 1.50 bits per heavy atom. The summed E-state index contributed by atoms with van der Waals surface area (Å²) in [5, 5.41) is 2.60. The van der Waals surface area contributed by atoms with Crippen LogP contribution in [0.5, 0.6) is 0 Å². The molecule has 1 atom stereocenters. The average molecular weight is 192 g/mol. The molecule has 1 aliphatic heterocycles. The third-order valence-corrected chi connectivity index (χ3v) is 2.81. The van der Waals surface area contributed by atoms with Crippen molar-refractivity contribution in [1.82, 2.24) is 10.2 Å². The lowest BCUT2D eigenvalue weighted by Crippen LogP contribution is -2.44. The van der Waals surface area contributed by atoms with E-state index in [1.807, 2.05) is 0 Å². The summed E-state index contributed by atoms with van der Waals surface area (Å²) < 4.78 is 0. The van der Waals surface area contributed by atoms with Crippen molar-refractivity contribution in [1.29, 1.82) is 0 Å². The molecule has 4 heteroatoms. The Bertz CT molecular complexity index is 315. The van der Waals surface area contributed by atoms with Gasteiger partial charge in [0.2, 0.25) is 0 Å². The minimum absolute atomic E-state index is 0.116. The molecule has 2 aliphatic rings. The molecule has 2 fully saturated rings. The third-order valence-electron chi connectivity index (χ3n) is 2.81. The standard InChI is InChI=1S/C10H12N2O2/c1-2-4-8-9(13)12(10(14)11-8)7-5-3-6-7/h1,7-8H,3-6H2,(H,11,14). The van der Waals surface area contributed by atoms with Crippen molar-refractivity contribution in [3.63, 3.8) is 0 Å². The van der Waals surface area contributed by atoms with Gasteiger partial charge >= 0.3 is 6.03 Å². The molecule has 1 heterocycles. The number of urea groups is 1. The second-order valence-electron chi connectivity index (χ2n) is 3.70. The number of nitrogens with zero attached hydrogens (tertiary/aromatic N) is 1. The van der Waals surface area contributed by atoms with Crippen LogP contribution in [-0.4, -0.2) is 28.9 Å². The Morgan fingerprint density at radius 3 is 2.71 bits per heavy atom. The highest BCUT2D eigenvalue weighted by Gasteiger charge is 2.43. The van der Waals surface area contributed by atoms with Gasteiger partial charge < -0.3 is 5.32 Å². The van der Waals surface area contributed by atoms with Gasteiger partial charge in [-0.1, -0.05) is 0 Å². The number of rotatable bonds is 2. The molecule has 0 radical (unpaired) electrons. The van der Waals surface area contributed by atoms with Gasteiger partial charge in [-0.05, 0) is 19.3 Å². The molecule has 0 bridgehead atoms. The Kier molecular flexibility index (Phi) is 2.16. The molecule has 1 aliphatic carbocycles. The summed E-state index contributed by atoms with van der Waals surface area (Å²) in [5.74, 6) is 2.24.